The molecule has 7 nitrogen and oxygen atoms in total. The second kappa shape index (κ2) is 8.88. The Kier molecular flexibility index (Phi) is 7.08. The van der Waals surface area contributed by atoms with E-state index >= 15 is 0 Å². The zero-order valence-corrected chi connectivity index (χ0v) is 18.7. The molecular formula is C18H30IN7. The van der Waals surface area contributed by atoms with Crippen molar-refractivity contribution in [2.75, 3.05) is 26.7 Å². The Morgan fingerprint density at radius 2 is 2.12 bits per heavy atom. The molecule has 0 bridgehead atoms. The van der Waals surface area contributed by atoms with Gasteiger partial charge < -0.3 is 10.2 Å². The van der Waals surface area contributed by atoms with Crippen molar-refractivity contribution in [3.8, 4) is 0 Å². The molecule has 0 radical (unpaired) electrons. The zero-order valence-electron chi connectivity index (χ0n) is 16.4. The van der Waals surface area contributed by atoms with E-state index in [0.29, 0.717) is 5.92 Å². The van der Waals surface area contributed by atoms with Crippen molar-refractivity contribution in [1.29, 1.82) is 0 Å². The van der Waals surface area contributed by atoms with Gasteiger partial charge in [-0.05, 0) is 37.8 Å². The molecule has 1 aliphatic heterocycles. The quantitative estimate of drug-likeness (QED) is 0.421. The summed E-state index contributed by atoms with van der Waals surface area (Å²) in [5.41, 5.74) is 5.02. The fourth-order valence-corrected chi connectivity index (χ4v) is 3.69. The van der Waals surface area contributed by atoms with Gasteiger partial charge in [-0.15, -0.1) is 24.0 Å². The van der Waals surface area contributed by atoms with Crippen molar-refractivity contribution in [3.63, 3.8) is 0 Å². The van der Waals surface area contributed by atoms with E-state index in [1.165, 1.54) is 16.8 Å². The second-order valence-corrected chi connectivity index (χ2v) is 6.88. The van der Waals surface area contributed by atoms with Gasteiger partial charge in [0.05, 0.1) is 11.9 Å². The Bertz CT molecular complexity index is 762. The largest absolute Gasteiger partial charge is 0.356 e. The summed E-state index contributed by atoms with van der Waals surface area (Å²) in [6, 6.07) is 0. The number of hydrogen-bond donors (Lipinski definition) is 1. The van der Waals surface area contributed by atoms with Crippen LogP contribution in [0.1, 0.15) is 34.9 Å². The molecule has 144 valence electrons. The molecule has 1 saturated heterocycles. The lowest BCUT2D eigenvalue weighted by Crippen LogP contribution is -2.40. The topological polar surface area (TPSA) is 63.3 Å². The number of hydrogen-bond acceptors (Lipinski definition) is 3. The van der Waals surface area contributed by atoms with Crippen LogP contribution in [-0.4, -0.2) is 57.1 Å². The number of aliphatic imine (C=N–C) groups is 1. The molecule has 2 aromatic heterocycles. The lowest BCUT2D eigenvalue weighted by atomic mass is 10.0. The van der Waals surface area contributed by atoms with Gasteiger partial charge in [-0.2, -0.15) is 10.2 Å². The van der Waals surface area contributed by atoms with Crippen LogP contribution in [0.2, 0.25) is 0 Å². The minimum atomic E-state index is 0. The van der Waals surface area contributed by atoms with Gasteiger partial charge in [-0.3, -0.25) is 14.4 Å². The van der Waals surface area contributed by atoms with E-state index in [-0.39, 0.29) is 24.0 Å². The average molecular weight is 471 g/mol. The van der Waals surface area contributed by atoms with Crippen molar-refractivity contribution < 1.29 is 0 Å². The number of aromatic nitrogens is 4. The summed E-state index contributed by atoms with van der Waals surface area (Å²) in [5, 5.41) is 12.3. The Balaban J connectivity index is 0.00000243. The monoisotopic (exact) mass is 471 g/mol. The van der Waals surface area contributed by atoms with E-state index in [4.69, 9.17) is 0 Å². The normalized spacial score (nSPS) is 17.5. The van der Waals surface area contributed by atoms with Gasteiger partial charge in [0.1, 0.15) is 0 Å². The summed E-state index contributed by atoms with van der Waals surface area (Å²) >= 11 is 0. The summed E-state index contributed by atoms with van der Waals surface area (Å²) in [6.45, 7) is 7.10. The molecule has 1 N–H and O–H groups in total. The molecule has 8 heteroatoms. The molecule has 3 heterocycles. The van der Waals surface area contributed by atoms with Gasteiger partial charge in [0.25, 0.3) is 0 Å². The number of aryl methyl sites for hydroxylation is 3. The summed E-state index contributed by atoms with van der Waals surface area (Å²) in [6.07, 6.45) is 6.22. The van der Waals surface area contributed by atoms with Gasteiger partial charge >= 0.3 is 0 Å². The van der Waals surface area contributed by atoms with Gasteiger partial charge in [0.15, 0.2) is 5.96 Å². The molecule has 0 saturated carbocycles. The molecule has 0 amide bonds. The standard InChI is InChI=1S/C18H29N7.HI/c1-13-17(14(2)24(5)22-13)6-8-20-18(19-3)25-9-7-15(12-25)16-10-21-23(4)11-16;/h10-11,15H,6-9,12H2,1-5H3,(H,19,20);1H. The predicted molar refractivity (Wildman–Crippen MR) is 115 cm³/mol. The Morgan fingerprint density at radius 1 is 1.35 bits per heavy atom. The fraction of sp³-hybridized carbons (Fsp3) is 0.611. The van der Waals surface area contributed by atoms with Crippen molar-refractivity contribution in [2.24, 2.45) is 19.1 Å². The third-order valence-corrected chi connectivity index (χ3v) is 5.21. The van der Waals surface area contributed by atoms with E-state index in [0.717, 1.165) is 44.1 Å². The number of guanidine groups is 1. The van der Waals surface area contributed by atoms with Gasteiger partial charge in [-0.1, -0.05) is 0 Å². The number of nitrogens with zero attached hydrogens (tertiary/aromatic N) is 6. The van der Waals surface area contributed by atoms with Crippen LogP contribution >= 0.6 is 24.0 Å². The number of nitrogens with one attached hydrogen (secondary N) is 1. The number of rotatable bonds is 4. The average Bonchev–Trinajstić information content (AvgIpc) is 3.27. The lowest BCUT2D eigenvalue weighted by Gasteiger charge is -2.21. The van der Waals surface area contributed by atoms with Crippen molar-refractivity contribution in [2.45, 2.75) is 32.6 Å². The van der Waals surface area contributed by atoms with E-state index in [9.17, 15) is 0 Å². The van der Waals surface area contributed by atoms with Crippen LogP contribution in [0.25, 0.3) is 0 Å². The van der Waals surface area contributed by atoms with Crippen LogP contribution in [0.4, 0.5) is 0 Å². The maximum atomic E-state index is 4.49. The van der Waals surface area contributed by atoms with Crippen LogP contribution < -0.4 is 5.32 Å². The lowest BCUT2D eigenvalue weighted by molar-refractivity contribution is 0.486. The second-order valence-electron chi connectivity index (χ2n) is 6.88. The molecule has 0 aromatic carbocycles. The van der Waals surface area contributed by atoms with Crippen LogP contribution in [-0.2, 0) is 20.5 Å². The van der Waals surface area contributed by atoms with E-state index in [1.54, 1.807) is 0 Å². The zero-order chi connectivity index (χ0) is 18.0. The van der Waals surface area contributed by atoms with Gasteiger partial charge in [-0.25, -0.2) is 0 Å². The molecule has 1 unspecified atom stereocenters. The maximum Gasteiger partial charge on any atom is 0.193 e. The van der Waals surface area contributed by atoms with Crippen molar-refractivity contribution in [1.82, 2.24) is 29.8 Å². The maximum absolute atomic E-state index is 4.49. The first-order chi connectivity index (χ1) is 12.0. The van der Waals surface area contributed by atoms with Gasteiger partial charge in [0, 0.05) is 58.6 Å². The minimum Gasteiger partial charge on any atom is -0.356 e. The van der Waals surface area contributed by atoms with E-state index in [2.05, 4.69) is 45.5 Å². The highest BCUT2D eigenvalue weighted by molar-refractivity contribution is 14.0. The Hall–Kier alpha value is -1.58. The first kappa shape index (κ1) is 20.7. The number of likely N-dealkylation sites (tertiary alicyclic amines) is 1. The highest BCUT2D eigenvalue weighted by Crippen LogP contribution is 2.26. The summed E-state index contributed by atoms with van der Waals surface area (Å²) in [7, 11) is 5.83. The first-order valence-electron chi connectivity index (χ1n) is 8.92. The molecule has 1 aliphatic rings. The Labute approximate surface area is 172 Å². The van der Waals surface area contributed by atoms with Crippen molar-refractivity contribution >= 4 is 29.9 Å². The highest BCUT2D eigenvalue weighted by atomic mass is 127. The molecular weight excluding hydrogens is 441 g/mol. The minimum absolute atomic E-state index is 0. The third kappa shape index (κ3) is 4.39. The molecule has 0 spiro atoms. The first-order valence-corrected chi connectivity index (χ1v) is 8.92. The highest BCUT2D eigenvalue weighted by Gasteiger charge is 2.26. The number of halogens is 1. The smallest absolute Gasteiger partial charge is 0.193 e. The van der Waals surface area contributed by atoms with Crippen LogP contribution in [0, 0.1) is 13.8 Å². The van der Waals surface area contributed by atoms with E-state index in [1.807, 2.05) is 36.7 Å². The van der Waals surface area contributed by atoms with Crippen LogP contribution in [0.15, 0.2) is 17.4 Å². The third-order valence-electron chi connectivity index (χ3n) is 5.21. The van der Waals surface area contributed by atoms with E-state index < -0.39 is 0 Å². The molecule has 2 aromatic rings. The Morgan fingerprint density at radius 3 is 2.69 bits per heavy atom. The van der Waals surface area contributed by atoms with Crippen LogP contribution in [0.3, 0.4) is 0 Å². The summed E-state index contributed by atoms with van der Waals surface area (Å²) < 4.78 is 3.84. The fourth-order valence-electron chi connectivity index (χ4n) is 3.69. The molecule has 1 atom stereocenters. The molecule has 1 fully saturated rings. The molecule has 0 aliphatic carbocycles. The summed E-state index contributed by atoms with van der Waals surface area (Å²) in [5.74, 6) is 1.53. The van der Waals surface area contributed by atoms with Gasteiger partial charge in [0.2, 0.25) is 0 Å². The molecule has 26 heavy (non-hydrogen) atoms. The molecule has 3 rings (SSSR count). The predicted octanol–water partition coefficient (Wildman–Crippen LogP) is 2.00. The summed E-state index contributed by atoms with van der Waals surface area (Å²) in [4.78, 5) is 6.82. The SMILES string of the molecule is CN=C(NCCc1c(C)nn(C)c1C)N1CCC(c2cnn(C)c2)C1.I. The van der Waals surface area contributed by atoms with Crippen LogP contribution in [0.5, 0.6) is 0 Å². The van der Waals surface area contributed by atoms with Crippen molar-refractivity contribution in [3.05, 3.63) is 34.9 Å².